The number of amides is 2. The first kappa shape index (κ1) is 41.2. The second kappa shape index (κ2) is 19.2. The van der Waals surface area contributed by atoms with E-state index in [1.165, 1.54) is 0 Å². The van der Waals surface area contributed by atoms with Crippen molar-refractivity contribution < 1.29 is 29.0 Å². The van der Waals surface area contributed by atoms with E-state index >= 15 is 0 Å². The molecule has 2 aliphatic rings. The minimum Gasteiger partial charge on any atom is -0.457 e. The summed E-state index contributed by atoms with van der Waals surface area (Å²) in [5.74, 6) is 1.45. The van der Waals surface area contributed by atoms with Gasteiger partial charge in [0.15, 0.2) is 6.29 Å². The molecule has 4 atom stereocenters. The summed E-state index contributed by atoms with van der Waals surface area (Å²) < 4.78 is 19.4. The SMILES string of the molecule is C[C@H]1[C@@H](CN2CCN(c3ccc([N+](=O)[O-])cc3)CC2)O[C@@H](c2ccc(-c3ccccc3CNC(=O)Nc3ccc(Oc4ccccc4)cc3)cc2)O[C@H]1c1ccc(CO)cc1. The molecule has 0 saturated carbocycles. The minimum atomic E-state index is -0.612. The van der Waals surface area contributed by atoms with Gasteiger partial charge in [-0.15, -0.1) is 0 Å². The molecule has 61 heavy (non-hydrogen) atoms. The predicted molar refractivity (Wildman–Crippen MR) is 235 cm³/mol. The number of benzene rings is 6. The van der Waals surface area contributed by atoms with Crippen LogP contribution >= 0.6 is 0 Å². The summed E-state index contributed by atoms with van der Waals surface area (Å²) in [6.45, 7) is 6.44. The average Bonchev–Trinajstić information content (AvgIpc) is 3.30. The highest BCUT2D eigenvalue weighted by Gasteiger charge is 2.39. The number of nitro groups is 1. The number of para-hydroxylation sites is 1. The second-order valence-corrected chi connectivity index (χ2v) is 15.4. The Morgan fingerprint density at radius 1 is 0.770 bits per heavy atom. The lowest BCUT2D eigenvalue weighted by Gasteiger charge is -2.44. The molecule has 8 rings (SSSR count). The summed E-state index contributed by atoms with van der Waals surface area (Å²) >= 11 is 0. The van der Waals surface area contributed by atoms with Gasteiger partial charge in [0.25, 0.3) is 5.69 Å². The molecular formula is C49H49N5O7. The summed E-state index contributed by atoms with van der Waals surface area (Å²) in [7, 11) is 0. The van der Waals surface area contributed by atoms with Crippen LogP contribution in [0.1, 0.15) is 41.6 Å². The number of piperazine rings is 1. The molecule has 0 unspecified atom stereocenters. The average molecular weight is 820 g/mol. The monoisotopic (exact) mass is 819 g/mol. The number of rotatable bonds is 13. The summed E-state index contributed by atoms with van der Waals surface area (Å²) in [6.07, 6.45) is -0.986. The van der Waals surface area contributed by atoms with Crippen molar-refractivity contribution in [3.63, 3.8) is 0 Å². The lowest BCUT2D eigenvalue weighted by atomic mass is 9.89. The Morgan fingerprint density at radius 2 is 1.43 bits per heavy atom. The van der Waals surface area contributed by atoms with Crippen LogP contribution in [0.15, 0.2) is 152 Å². The van der Waals surface area contributed by atoms with Crippen LogP contribution in [-0.2, 0) is 22.6 Å². The Morgan fingerprint density at radius 3 is 2.11 bits per heavy atom. The van der Waals surface area contributed by atoms with Gasteiger partial charge >= 0.3 is 6.03 Å². The number of hydrogen-bond donors (Lipinski definition) is 3. The quantitative estimate of drug-likeness (QED) is 0.0769. The van der Waals surface area contributed by atoms with Gasteiger partial charge in [-0.3, -0.25) is 15.0 Å². The van der Waals surface area contributed by atoms with Crippen LogP contribution in [0.5, 0.6) is 11.5 Å². The van der Waals surface area contributed by atoms with Gasteiger partial charge < -0.3 is 34.9 Å². The molecule has 2 amide bonds. The van der Waals surface area contributed by atoms with Crippen LogP contribution < -0.4 is 20.3 Å². The number of non-ortho nitro benzene ring substituents is 1. The zero-order valence-electron chi connectivity index (χ0n) is 33.9. The normalized spacial score (nSPS) is 19.2. The van der Waals surface area contributed by atoms with Crippen molar-refractivity contribution in [1.82, 2.24) is 10.2 Å². The van der Waals surface area contributed by atoms with Crippen LogP contribution in [0, 0.1) is 16.0 Å². The van der Waals surface area contributed by atoms with E-state index in [1.54, 1.807) is 24.3 Å². The minimum absolute atomic E-state index is 0.0270. The third-order valence-corrected chi connectivity index (χ3v) is 11.4. The summed E-state index contributed by atoms with van der Waals surface area (Å²) in [6, 6.07) is 47.4. The largest absolute Gasteiger partial charge is 0.457 e. The molecule has 12 heteroatoms. The molecule has 0 radical (unpaired) electrons. The van der Waals surface area contributed by atoms with Crippen LogP contribution in [0.3, 0.4) is 0 Å². The molecule has 2 saturated heterocycles. The van der Waals surface area contributed by atoms with Gasteiger partial charge in [0.05, 0.1) is 23.7 Å². The first-order chi connectivity index (χ1) is 29.8. The summed E-state index contributed by atoms with van der Waals surface area (Å²) in [4.78, 5) is 28.4. The second-order valence-electron chi connectivity index (χ2n) is 15.4. The lowest BCUT2D eigenvalue weighted by molar-refractivity contribution is -0.384. The van der Waals surface area contributed by atoms with Gasteiger partial charge in [0.1, 0.15) is 11.5 Å². The van der Waals surface area contributed by atoms with Gasteiger partial charge in [0.2, 0.25) is 0 Å². The molecule has 2 fully saturated rings. The van der Waals surface area contributed by atoms with Crippen molar-refractivity contribution in [2.24, 2.45) is 5.92 Å². The van der Waals surface area contributed by atoms with E-state index in [1.807, 2.05) is 115 Å². The molecule has 312 valence electrons. The molecule has 6 aromatic carbocycles. The first-order valence-corrected chi connectivity index (χ1v) is 20.6. The summed E-state index contributed by atoms with van der Waals surface area (Å²) in [5.41, 5.74) is 7.46. The van der Waals surface area contributed by atoms with E-state index in [2.05, 4.69) is 39.5 Å². The van der Waals surface area contributed by atoms with E-state index in [-0.39, 0.29) is 41.4 Å². The van der Waals surface area contributed by atoms with E-state index in [4.69, 9.17) is 14.2 Å². The van der Waals surface area contributed by atoms with Crippen LogP contribution in [0.4, 0.5) is 21.9 Å². The van der Waals surface area contributed by atoms with Crippen molar-refractivity contribution in [1.29, 1.82) is 0 Å². The van der Waals surface area contributed by atoms with Crippen molar-refractivity contribution in [2.45, 2.75) is 38.6 Å². The maximum Gasteiger partial charge on any atom is 0.319 e. The third kappa shape index (κ3) is 10.2. The molecule has 0 bridgehead atoms. The lowest BCUT2D eigenvalue weighted by Crippen LogP contribution is -2.51. The van der Waals surface area contributed by atoms with Crippen LogP contribution in [0.25, 0.3) is 11.1 Å². The van der Waals surface area contributed by atoms with Gasteiger partial charge in [-0.25, -0.2) is 4.79 Å². The Bertz CT molecular complexity index is 2370. The number of ether oxygens (including phenoxy) is 3. The molecule has 12 nitrogen and oxygen atoms in total. The third-order valence-electron chi connectivity index (χ3n) is 11.4. The topological polar surface area (TPSA) is 139 Å². The Hall–Kier alpha value is -6.57. The van der Waals surface area contributed by atoms with Crippen molar-refractivity contribution in [3.05, 3.63) is 184 Å². The van der Waals surface area contributed by atoms with Crippen molar-refractivity contribution >= 4 is 23.1 Å². The number of carbonyl (C=O) groups excluding carboxylic acids is 1. The fraction of sp³-hybridized carbons (Fsp3) is 0.245. The zero-order chi connectivity index (χ0) is 42.1. The number of aliphatic hydroxyl groups is 1. The highest BCUT2D eigenvalue weighted by Crippen LogP contribution is 2.42. The number of nitrogens with one attached hydrogen (secondary N) is 2. The van der Waals surface area contributed by atoms with E-state index in [0.29, 0.717) is 18.0 Å². The molecule has 2 aliphatic heterocycles. The summed E-state index contributed by atoms with van der Waals surface area (Å²) in [5, 5.41) is 26.7. The standard InChI is InChI=1S/C49H49N5O7/c1-34-46(32-52-27-29-53(30-28-52)41-21-23-42(24-22-41)54(57)58)60-48(61-47(34)37-13-11-35(33-55)12-14-37)38-17-15-36(16-18-38)45-10-6-5-7-39(45)31-50-49(56)51-40-19-25-44(26-20-40)59-43-8-3-2-4-9-43/h2-26,34,46-48,55H,27-33H2,1H3,(H2,50,51,56)/t34-,46+,47+,48+/m0/s1. The molecule has 2 heterocycles. The van der Waals surface area contributed by atoms with Crippen LogP contribution in [0.2, 0.25) is 0 Å². The Kier molecular flexibility index (Phi) is 13.0. The predicted octanol–water partition coefficient (Wildman–Crippen LogP) is 9.48. The van der Waals surface area contributed by atoms with Gasteiger partial charge in [0, 0.05) is 74.3 Å². The Balaban J connectivity index is 0.918. The molecule has 0 aromatic heterocycles. The van der Waals surface area contributed by atoms with Crippen molar-refractivity contribution in [3.8, 4) is 22.6 Å². The van der Waals surface area contributed by atoms with Crippen molar-refractivity contribution in [2.75, 3.05) is 42.9 Å². The number of carbonyl (C=O) groups is 1. The molecular weight excluding hydrogens is 771 g/mol. The number of urea groups is 1. The Labute approximate surface area is 355 Å². The van der Waals surface area contributed by atoms with E-state index < -0.39 is 6.29 Å². The van der Waals surface area contributed by atoms with E-state index in [9.17, 15) is 20.0 Å². The number of hydrogen-bond acceptors (Lipinski definition) is 9. The number of nitrogens with zero attached hydrogens (tertiary/aromatic N) is 3. The molecule has 0 aliphatic carbocycles. The first-order valence-electron chi connectivity index (χ1n) is 20.6. The molecule has 0 spiro atoms. The smallest absolute Gasteiger partial charge is 0.319 e. The van der Waals surface area contributed by atoms with Gasteiger partial charge in [-0.1, -0.05) is 97.9 Å². The van der Waals surface area contributed by atoms with Gasteiger partial charge in [-0.05, 0) is 76.3 Å². The van der Waals surface area contributed by atoms with Crippen LogP contribution in [-0.4, -0.2) is 59.8 Å². The highest BCUT2D eigenvalue weighted by atomic mass is 16.7. The number of anilines is 2. The number of nitro benzene ring substituents is 1. The molecule has 6 aromatic rings. The maximum atomic E-state index is 13.0. The van der Waals surface area contributed by atoms with Gasteiger partial charge in [-0.2, -0.15) is 0 Å². The molecule has 3 N–H and O–H groups in total. The maximum absolute atomic E-state index is 13.0. The fourth-order valence-electron chi connectivity index (χ4n) is 7.91. The highest BCUT2D eigenvalue weighted by molar-refractivity contribution is 5.89. The number of aliphatic hydroxyl groups excluding tert-OH is 1. The zero-order valence-corrected chi connectivity index (χ0v) is 33.9. The van der Waals surface area contributed by atoms with E-state index in [0.717, 1.165) is 77.5 Å². The fourth-order valence-corrected chi connectivity index (χ4v) is 7.91.